The van der Waals surface area contributed by atoms with Gasteiger partial charge in [0.15, 0.2) is 0 Å². The average molecular weight is 336 g/mol. The number of piperidine rings is 1. The summed E-state index contributed by atoms with van der Waals surface area (Å²) in [5, 5.41) is 0. The Bertz CT molecular complexity index is 495. The molecule has 1 aromatic carbocycles. The van der Waals surface area contributed by atoms with E-state index in [0.717, 1.165) is 18.4 Å². The zero-order chi connectivity index (χ0) is 16.2. The molecule has 0 aromatic heterocycles. The molecular weight excluding hydrogens is 319 g/mol. The van der Waals surface area contributed by atoms with Gasteiger partial charge in [-0.05, 0) is 30.9 Å². The van der Waals surface area contributed by atoms with Gasteiger partial charge >= 0.3 is 11.6 Å². The van der Waals surface area contributed by atoms with Gasteiger partial charge in [0.1, 0.15) is 0 Å². The molecule has 3 nitrogen and oxygen atoms in total. The summed E-state index contributed by atoms with van der Waals surface area (Å²) in [5.41, 5.74) is -0.316. The maximum absolute atomic E-state index is 12.9. The molecule has 2 rings (SSSR count). The Labute approximate surface area is 132 Å². The number of nitrogens with zero attached hydrogens (tertiary/aromatic N) is 1. The smallest absolute Gasteiger partial charge is 0.426 e. The number of carbonyl (C=O) groups is 1. The molecule has 122 valence electrons. The van der Waals surface area contributed by atoms with E-state index in [4.69, 9.17) is 11.6 Å². The van der Waals surface area contributed by atoms with Gasteiger partial charge in [0.2, 0.25) is 6.10 Å². The summed E-state index contributed by atoms with van der Waals surface area (Å²) in [6, 6.07) is 9.70. The first kappa shape index (κ1) is 17.1. The summed E-state index contributed by atoms with van der Waals surface area (Å²) >= 11 is 4.94. The molecule has 22 heavy (non-hydrogen) atoms. The Hall–Kier alpha value is -1.27. The fraction of sp³-hybridized carbons (Fsp3) is 0.533. The Balaban J connectivity index is 2.00. The van der Waals surface area contributed by atoms with Crippen LogP contribution in [-0.4, -0.2) is 42.2 Å². The summed E-state index contributed by atoms with van der Waals surface area (Å²) in [5.74, 6) is 0.190. The van der Waals surface area contributed by atoms with E-state index in [1.165, 1.54) is 0 Å². The Kier molecular flexibility index (Phi) is 5.69. The lowest BCUT2D eigenvalue weighted by Gasteiger charge is -2.35. The van der Waals surface area contributed by atoms with Crippen LogP contribution in [0.2, 0.25) is 0 Å². The number of alkyl halides is 3. The van der Waals surface area contributed by atoms with Crippen LogP contribution in [0.15, 0.2) is 30.3 Å². The lowest BCUT2D eigenvalue weighted by molar-refractivity contribution is -0.206. The Morgan fingerprint density at radius 1 is 1.36 bits per heavy atom. The molecule has 0 spiro atoms. The first-order chi connectivity index (χ1) is 10.4. The molecule has 1 unspecified atom stereocenters. The van der Waals surface area contributed by atoms with Gasteiger partial charge in [0, 0.05) is 24.7 Å². The van der Waals surface area contributed by atoms with Gasteiger partial charge in [-0.3, -0.25) is 4.90 Å². The topological polar surface area (TPSA) is 29.5 Å². The van der Waals surface area contributed by atoms with Gasteiger partial charge in [0.05, 0.1) is 0 Å². The van der Waals surface area contributed by atoms with Crippen molar-refractivity contribution >= 4 is 17.0 Å². The number of benzene rings is 1. The van der Waals surface area contributed by atoms with Crippen molar-refractivity contribution in [2.45, 2.75) is 31.0 Å². The van der Waals surface area contributed by atoms with Gasteiger partial charge in [-0.1, -0.05) is 30.3 Å². The SMILES string of the molecule is O=C(Cl)OC(CN1CCC[C@@H](c2ccccc2)C1)C(F)(F)F. The zero-order valence-electron chi connectivity index (χ0n) is 11.9. The second kappa shape index (κ2) is 7.33. The molecule has 0 saturated carbocycles. The normalized spacial score (nSPS) is 21.4. The summed E-state index contributed by atoms with van der Waals surface area (Å²) < 4.78 is 42.9. The van der Waals surface area contributed by atoms with Crippen molar-refractivity contribution in [3.8, 4) is 0 Å². The number of rotatable bonds is 4. The molecule has 1 fully saturated rings. The minimum absolute atomic E-state index is 0.190. The minimum Gasteiger partial charge on any atom is -0.439 e. The highest BCUT2D eigenvalue weighted by molar-refractivity contribution is 6.61. The second-order valence-corrected chi connectivity index (χ2v) is 5.70. The van der Waals surface area contributed by atoms with Crippen molar-refractivity contribution < 1.29 is 22.7 Å². The van der Waals surface area contributed by atoms with Crippen LogP contribution in [0.4, 0.5) is 18.0 Å². The molecular formula is C15H17ClF3NO2. The number of likely N-dealkylation sites (tertiary alicyclic amines) is 1. The first-order valence-electron chi connectivity index (χ1n) is 7.06. The minimum atomic E-state index is -4.62. The molecule has 1 saturated heterocycles. The van der Waals surface area contributed by atoms with E-state index in [-0.39, 0.29) is 12.5 Å². The predicted molar refractivity (Wildman–Crippen MR) is 77.0 cm³/mol. The van der Waals surface area contributed by atoms with E-state index in [1.807, 2.05) is 30.3 Å². The van der Waals surface area contributed by atoms with E-state index < -0.39 is 17.7 Å². The molecule has 1 heterocycles. The van der Waals surface area contributed by atoms with Crippen LogP contribution in [0.25, 0.3) is 0 Å². The van der Waals surface area contributed by atoms with Crippen LogP contribution in [0, 0.1) is 0 Å². The van der Waals surface area contributed by atoms with E-state index in [2.05, 4.69) is 4.74 Å². The molecule has 7 heteroatoms. The van der Waals surface area contributed by atoms with Gasteiger partial charge in [-0.2, -0.15) is 13.2 Å². The van der Waals surface area contributed by atoms with Crippen LogP contribution in [0.1, 0.15) is 24.3 Å². The lowest BCUT2D eigenvalue weighted by Crippen LogP contribution is -2.46. The van der Waals surface area contributed by atoms with E-state index in [9.17, 15) is 18.0 Å². The Morgan fingerprint density at radius 3 is 2.64 bits per heavy atom. The summed E-state index contributed by atoms with van der Waals surface area (Å²) in [4.78, 5) is 12.3. The maximum atomic E-state index is 12.9. The molecule has 1 aromatic rings. The third-order valence-electron chi connectivity index (χ3n) is 3.80. The molecule has 1 aliphatic rings. The zero-order valence-corrected chi connectivity index (χ0v) is 12.6. The summed E-state index contributed by atoms with van der Waals surface area (Å²) in [7, 11) is 0. The molecule has 0 aliphatic carbocycles. The van der Waals surface area contributed by atoms with Crippen molar-refractivity contribution in [3.63, 3.8) is 0 Å². The number of halogens is 4. The van der Waals surface area contributed by atoms with Gasteiger partial charge in [-0.25, -0.2) is 4.79 Å². The third-order valence-corrected chi connectivity index (χ3v) is 3.89. The molecule has 2 atom stereocenters. The highest BCUT2D eigenvalue weighted by atomic mass is 35.5. The van der Waals surface area contributed by atoms with Crippen molar-refractivity contribution in [3.05, 3.63) is 35.9 Å². The van der Waals surface area contributed by atoms with E-state index >= 15 is 0 Å². The van der Waals surface area contributed by atoms with Crippen molar-refractivity contribution in [2.75, 3.05) is 19.6 Å². The molecule has 0 bridgehead atoms. The Morgan fingerprint density at radius 2 is 2.05 bits per heavy atom. The fourth-order valence-electron chi connectivity index (χ4n) is 2.77. The van der Waals surface area contributed by atoms with E-state index in [1.54, 1.807) is 4.90 Å². The van der Waals surface area contributed by atoms with Crippen molar-refractivity contribution in [1.29, 1.82) is 0 Å². The van der Waals surface area contributed by atoms with Crippen LogP contribution >= 0.6 is 11.6 Å². The first-order valence-corrected chi connectivity index (χ1v) is 7.44. The molecule has 0 N–H and O–H groups in total. The van der Waals surface area contributed by atoms with Crippen molar-refractivity contribution in [2.24, 2.45) is 0 Å². The highest BCUT2D eigenvalue weighted by Crippen LogP contribution is 2.29. The fourth-order valence-corrected chi connectivity index (χ4v) is 2.88. The maximum Gasteiger partial charge on any atom is 0.426 e. The average Bonchev–Trinajstić information content (AvgIpc) is 2.46. The monoisotopic (exact) mass is 335 g/mol. The highest BCUT2D eigenvalue weighted by Gasteiger charge is 2.44. The second-order valence-electron chi connectivity index (χ2n) is 5.40. The third kappa shape index (κ3) is 4.88. The number of hydrogen-bond donors (Lipinski definition) is 0. The summed E-state index contributed by atoms with van der Waals surface area (Å²) in [6.07, 6.45) is -5.07. The summed E-state index contributed by atoms with van der Waals surface area (Å²) in [6.45, 7) is 0.678. The number of ether oxygens (including phenoxy) is 1. The van der Waals surface area contributed by atoms with Crippen LogP contribution in [0.5, 0.6) is 0 Å². The van der Waals surface area contributed by atoms with Gasteiger partial charge < -0.3 is 4.74 Å². The predicted octanol–water partition coefficient (Wildman–Crippen LogP) is 4.17. The number of hydrogen-bond acceptors (Lipinski definition) is 3. The van der Waals surface area contributed by atoms with Crippen molar-refractivity contribution in [1.82, 2.24) is 4.90 Å². The molecule has 1 aliphatic heterocycles. The number of carbonyl (C=O) groups excluding carboxylic acids is 1. The van der Waals surface area contributed by atoms with Crippen LogP contribution in [-0.2, 0) is 4.74 Å². The molecule has 0 amide bonds. The standard InChI is InChI=1S/C15H17ClF3NO2/c16-14(21)22-13(15(17,18)19)10-20-8-4-7-12(9-20)11-5-2-1-3-6-11/h1-3,5-6,12-13H,4,7-10H2/t12-,13?/m1/s1. The molecule has 0 radical (unpaired) electrons. The van der Waals surface area contributed by atoms with E-state index in [0.29, 0.717) is 13.1 Å². The largest absolute Gasteiger partial charge is 0.439 e. The van der Waals surface area contributed by atoms with Crippen LogP contribution < -0.4 is 0 Å². The van der Waals surface area contributed by atoms with Crippen LogP contribution in [0.3, 0.4) is 0 Å². The van der Waals surface area contributed by atoms with Gasteiger partial charge in [-0.15, -0.1) is 0 Å². The quantitative estimate of drug-likeness (QED) is 0.773. The van der Waals surface area contributed by atoms with Gasteiger partial charge in [0.25, 0.3) is 0 Å². The lowest BCUT2D eigenvalue weighted by atomic mass is 9.90.